The first-order valence-electron chi connectivity index (χ1n) is 6.40. The van der Waals surface area contributed by atoms with Crippen molar-refractivity contribution < 1.29 is 0 Å². The molecule has 0 atom stereocenters. The van der Waals surface area contributed by atoms with Gasteiger partial charge in [-0.3, -0.25) is 0 Å². The third-order valence-electron chi connectivity index (χ3n) is 2.92. The van der Waals surface area contributed by atoms with Crippen molar-refractivity contribution in [1.29, 1.82) is 0 Å². The van der Waals surface area contributed by atoms with Crippen molar-refractivity contribution in [2.24, 2.45) is 0 Å². The van der Waals surface area contributed by atoms with E-state index in [-0.39, 0.29) is 0 Å². The number of rotatable bonds is 8. The molecule has 0 aliphatic rings. The fraction of sp³-hybridized carbons (Fsp3) is 0.429. The van der Waals surface area contributed by atoms with Gasteiger partial charge in [-0.1, -0.05) is 17.7 Å². The SMILES string of the molecule is CN(CCNCc1ccc(Cl)s1)CCc1cccs1. The average molecular weight is 315 g/mol. The summed E-state index contributed by atoms with van der Waals surface area (Å²) in [6.45, 7) is 4.12. The van der Waals surface area contributed by atoms with Gasteiger partial charge >= 0.3 is 0 Å². The maximum absolute atomic E-state index is 5.90. The first kappa shape index (κ1) is 15.0. The van der Waals surface area contributed by atoms with E-state index >= 15 is 0 Å². The monoisotopic (exact) mass is 314 g/mol. The maximum Gasteiger partial charge on any atom is 0.0931 e. The summed E-state index contributed by atoms with van der Waals surface area (Å²) in [7, 11) is 2.18. The Labute approximate surface area is 128 Å². The van der Waals surface area contributed by atoms with Crippen molar-refractivity contribution in [1.82, 2.24) is 10.2 Å². The van der Waals surface area contributed by atoms with E-state index in [1.165, 1.54) is 9.75 Å². The zero-order valence-corrected chi connectivity index (χ0v) is 13.5. The Morgan fingerprint density at radius 2 is 2.11 bits per heavy atom. The second-order valence-electron chi connectivity index (χ2n) is 4.52. The molecule has 2 nitrogen and oxygen atoms in total. The molecule has 0 fully saturated rings. The average Bonchev–Trinajstić information content (AvgIpc) is 3.04. The Morgan fingerprint density at radius 3 is 2.79 bits per heavy atom. The van der Waals surface area contributed by atoms with Crippen LogP contribution in [-0.4, -0.2) is 31.6 Å². The molecule has 0 aliphatic carbocycles. The molecule has 0 saturated carbocycles. The zero-order valence-electron chi connectivity index (χ0n) is 11.1. The lowest BCUT2D eigenvalue weighted by atomic mass is 10.3. The van der Waals surface area contributed by atoms with Gasteiger partial charge in [0.1, 0.15) is 0 Å². The van der Waals surface area contributed by atoms with Gasteiger partial charge in [0.15, 0.2) is 0 Å². The summed E-state index contributed by atoms with van der Waals surface area (Å²) in [6.07, 6.45) is 1.15. The van der Waals surface area contributed by atoms with Gasteiger partial charge in [-0.2, -0.15) is 0 Å². The van der Waals surface area contributed by atoms with Crippen LogP contribution in [0.1, 0.15) is 9.75 Å². The van der Waals surface area contributed by atoms with Crippen LogP contribution in [0.15, 0.2) is 29.6 Å². The molecule has 2 heterocycles. The molecule has 0 spiro atoms. The Morgan fingerprint density at radius 1 is 1.21 bits per heavy atom. The van der Waals surface area contributed by atoms with Gasteiger partial charge in [0.2, 0.25) is 0 Å². The van der Waals surface area contributed by atoms with Crippen molar-refractivity contribution in [3.8, 4) is 0 Å². The Kier molecular flexibility index (Phi) is 6.34. The highest BCUT2D eigenvalue weighted by atomic mass is 35.5. The van der Waals surface area contributed by atoms with E-state index in [1.54, 1.807) is 11.3 Å². The Bertz CT molecular complexity index is 468. The number of hydrogen-bond donors (Lipinski definition) is 1. The second kappa shape index (κ2) is 8.02. The molecule has 5 heteroatoms. The van der Waals surface area contributed by atoms with E-state index in [4.69, 9.17) is 11.6 Å². The van der Waals surface area contributed by atoms with E-state index in [9.17, 15) is 0 Å². The van der Waals surface area contributed by atoms with Gasteiger partial charge in [-0.25, -0.2) is 0 Å². The van der Waals surface area contributed by atoms with Crippen LogP contribution in [0, 0.1) is 0 Å². The normalized spacial score (nSPS) is 11.3. The van der Waals surface area contributed by atoms with Crippen LogP contribution >= 0.6 is 34.3 Å². The third kappa shape index (κ3) is 5.63. The number of hydrogen-bond acceptors (Lipinski definition) is 4. The van der Waals surface area contributed by atoms with Crippen LogP contribution in [0.25, 0.3) is 0 Å². The molecule has 1 N–H and O–H groups in total. The summed E-state index contributed by atoms with van der Waals surface area (Å²) >= 11 is 9.38. The summed E-state index contributed by atoms with van der Waals surface area (Å²) in [5, 5.41) is 5.59. The molecule has 0 amide bonds. The number of thiophene rings is 2. The van der Waals surface area contributed by atoms with Crippen LogP contribution in [0.5, 0.6) is 0 Å². The maximum atomic E-state index is 5.90. The van der Waals surface area contributed by atoms with Crippen LogP contribution in [0.4, 0.5) is 0 Å². The topological polar surface area (TPSA) is 15.3 Å². The van der Waals surface area contributed by atoms with Gasteiger partial charge in [0.05, 0.1) is 4.34 Å². The second-order valence-corrected chi connectivity index (χ2v) is 7.35. The highest BCUT2D eigenvalue weighted by Crippen LogP contribution is 2.20. The fourth-order valence-electron chi connectivity index (χ4n) is 1.80. The highest BCUT2D eigenvalue weighted by molar-refractivity contribution is 7.16. The first-order valence-corrected chi connectivity index (χ1v) is 8.47. The molecular formula is C14H19ClN2S2. The van der Waals surface area contributed by atoms with Crippen LogP contribution in [-0.2, 0) is 13.0 Å². The molecular weight excluding hydrogens is 296 g/mol. The lowest BCUT2D eigenvalue weighted by Crippen LogP contribution is -2.30. The van der Waals surface area contributed by atoms with Crippen molar-refractivity contribution in [3.63, 3.8) is 0 Å². The van der Waals surface area contributed by atoms with Crippen molar-refractivity contribution in [2.75, 3.05) is 26.7 Å². The van der Waals surface area contributed by atoms with Gasteiger partial charge in [0.25, 0.3) is 0 Å². The molecule has 0 aromatic carbocycles. The summed E-state index contributed by atoms with van der Waals surface area (Å²) < 4.78 is 0.866. The van der Waals surface area contributed by atoms with Crippen molar-refractivity contribution >= 4 is 34.3 Å². The molecule has 0 aliphatic heterocycles. The quantitative estimate of drug-likeness (QED) is 0.747. The molecule has 0 saturated heterocycles. The van der Waals surface area contributed by atoms with E-state index in [0.717, 1.165) is 36.9 Å². The molecule has 0 unspecified atom stereocenters. The largest absolute Gasteiger partial charge is 0.311 e. The minimum Gasteiger partial charge on any atom is -0.311 e. The summed E-state index contributed by atoms with van der Waals surface area (Å²) in [6, 6.07) is 8.36. The number of likely N-dealkylation sites (N-methyl/N-ethyl adjacent to an activating group) is 1. The van der Waals surface area contributed by atoms with Crippen LogP contribution in [0.3, 0.4) is 0 Å². The zero-order chi connectivity index (χ0) is 13.5. The molecule has 0 radical (unpaired) electrons. The van der Waals surface area contributed by atoms with Gasteiger partial charge < -0.3 is 10.2 Å². The van der Waals surface area contributed by atoms with Gasteiger partial charge in [-0.15, -0.1) is 22.7 Å². The van der Waals surface area contributed by atoms with Gasteiger partial charge in [0, 0.05) is 35.9 Å². The molecule has 19 heavy (non-hydrogen) atoms. The minimum atomic E-state index is 0.866. The predicted octanol–water partition coefficient (Wildman–Crippen LogP) is 3.73. The van der Waals surface area contributed by atoms with Gasteiger partial charge in [-0.05, 0) is 37.0 Å². The molecule has 2 rings (SSSR count). The van der Waals surface area contributed by atoms with E-state index in [0.29, 0.717) is 0 Å². The third-order valence-corrected chi connectivity index (χ3v) is 5.09. The lowest BCUT2D eigenvalue weighted by molar-refractivity contribution is 0.336. The van der Waals surface area contributed by atoms with E-state index in [2.05, 4.69) is 40.8 Å². The molecule has 2 aromatic heterocycles. The summed E-state index contributed by atoms with van der Waals surface area (Å²) in [5.41, 5.74) is 0. The summed E-state index contributed by atoms with van der Waals surface area (Å²) in [4.78, 5) is 5.13. The van der Waals surface area contributed by atoms with Crippen molar-refractivity contribution in [2.45, 2.75) is 13.0 Å². The fourth-order valence-corrected chi connectivity index (χ4v) is 3.55. The first-order chi connectivity index (χ1) is 9.24. The molecule has 2 aromatic rings. The van der Waals surface area contributed by atoms with E-state index in [1.807, 2.05) is 17.4 Å². The standard InChI is InChI=1S/C14H19ClN2S2/c1-17(8-6-12-3-2-10-18-12)9-7-16-11-13-4-5-14(15)19-13/h2-5,10,16H,6-9,11H2,1H3. The number of halogens is 1. The predicted molar refractivity (Wildman–Crippen MR) is 86.6 cm³/mol. The lowest BCUT2D eigenvalue weighted by Gasteiger charge is -2.16. The van der Waals surface area contributed by atoms with Crippen LogP contribution < -0.4 is 5.32 Å². The Hall–Kier alpha value is -0.390. The molecule has 104 valence electrons. The Balaban J connectivity index is 1.55. The van der Waals surface area contributed by atoms with Crippen LogP contribution in [0.2, 0.25) is 4.34 Å². The highest BCUT2D eigenvalue weighted by Gasteiger charge is 2.01. The number of nitrogens with zero attached hydrogens (tertiary/aromatic N) is 1. The van der Waals surface area contributed by atoms with E-state index < -0.39 is 0 Å². The van der Waals surface area contributed by atoms with Crippen molar-refractivity contribution in [3.05, 3.63) is 43.7 Å². The number of nitrogens with one attached hydrogen (secondary N) is 1. The summed E-state index contributed by atoms with van der Waals surface area (Å²) in [5.74, 6) is 0. The molecule has 0 bridgehead atoms. The minimum absolute atomic E-state index is 0.866. The smallest absolute Gasteiger partial charge is 0.0931 e.